The summed E-state index contributed by atoms with van der Waals surface area (Å²) in [7, 11) is 1.71. The predicted octanol–water partition coefficient (Wildman–Crippen LogP) is 5.54. The number of nitrogens with zero attached hydrogens (tertiary/aromatic N) is 2. The van der Waals surface area contributed by atoms with Crippen molar-refractivity contribution in [1.82, 2.24) is 4.57 Å². The maximum Gasteiger partial charge on any atom is 0.353 e. The maximum atomic E-state index is 11.9. The van der Waals surface area contributed by atoms with Crippen LogP contribution in [0.15, 0.2) is 58.3 Å². The minimum atomic E-state index is -1.02. The van der Waals surface area contributed by atoms with E-state index < -0.39 is 5.97 Å². The zero-order valence-corrected chi connectivity index (χ0v) is 17.0. The minimum Gasteiger partial charge on any atom is -0.477 e. The Morgan fingerprint density at radius 1 is 1.11 bits per heavy atom. The van der Waals surface area contributed by atoms with Crippen LogP contribution in [0.4, 0.5) is 0 Å². The van der Waals surface area contributed by atoms with Gasteiger partial charge in [-0.25, -0.2) is 4.79 Å². The Bertz CT molecular complexity index is 1060. The van der Waals surface area contributed by atoms with Gasteiger partial charge >= 0.3 is 5.97 Å². The van der Waals surface area contributed by atoms with Crippen molar-refractivity contribution in [3.05, 3.63) is 71.0 Å². The molecule has 0 saturated carbocycles. The number of aryl methyl sites for hydroxylation is 1. The quantitative estimate of drug-likeness (QED) is 0.600. The molecule has 1 N–H and O–H groups in total. The summed E-state index contributed by atoms with van der Waals surface area (Å²) in [5.41, 5.74) is 3.89. The lowest BCUT2D eigenvalue weighted by Crippen LogP contribution is -2.07. The topological polar surface area (TPSA) is 66.0 Å². The first-order chi connectivity index (χ1) is 13.5. The van der Waals surface area contributed by atoms with Crippen LogP contribution < -0.4 is 0 Å². The highest BCUT2D eigenvalue weighted by molar-refractivity contribution is 7.99. The van der Waals surface area contributed by atoms with E-state index in [2.05, 4.69) is 25.1 Å². The molecule has 0 aliphatic carbocycles. The number of carbonyl (C=O) groups is 1. The normalized spacial score (nSPS) is 10.6. The van der Waals surface area contributed by atoms with E-state index in [1.165, 1.54) is 10.5 Å². The average Bonchev–Trinajstić information content (AvgIpc) is 3.00. The van der Waals surface area contributed by atoms with E-state index >= 15 is 0 Å². The molecular weight excluding hydrogens is 368 g/mol. The SMILES string of the molecule is CCc1ccccc1Sc1ccc(-c2c(C#N)c(CC)n(C)c2C(=O)O)cc1. The Balaban J connectivity index is 2.03. The Morgan fingerprint density at radius 3 is 2.36 bits per heavy atom. The van der Waals surface area contributed by atoms with Crippen LogP contribution in [0.25, 0.3) is 11.1 Å². The van der Waals surface area contributed by atoms with E-state index in [-0.39, 0.29) is 5.69 Å². The van der Waals surface area contributed by atoms with Gasteiger partial charge in [0.15, 0.2) is 0 Å². The van der Waals surface area contributed by atoms with Crippen molar-refractivity contribution in [1.29, 1.82) is 5.26 Å². The Kier molecular flexibility index (Phi) is 5.91. The van der Waals surface area contributed by atoms with E-state index in [4.69, 9.17) is 0 Å². The first kappa shape index (κ1) is 19.8. The van der Waals surface area contributed by atoms with Gasteiger partial charge in [0, 0.05) is 28.1 Å². The summed E-state index contributed by atoms with van der Waals surface area (Å²) in [5.74, 6) is -1.02. The largest absolute Gasteiger partial charge is 0.477 e. The molecule has 142 valence electrons. The van der Waals surface area contributed by atoms with Gasteiger partial charge in [-0.1, -0.05) is 55.9 Å². The first-order valence-electron chi connectivity index (χ1n) is 9.22. The average molecular weight is 391 g/mol. The van der Waals surface area contributed by atoms with Gasteiger partial charge in [-0.15, -0.1) is 0 Å². The summed E-state index contributed by atoms with van der Waals surface area (Å²) < 4.78 is 1.62. The summed E-state index contributed by atoms with van der Waals surface area (Å²) in [6, 6.07) is 18.3. The van der Waals surface area contributed by atoms with Crippen molar-refractivity contribution in [2.75, 3.05) is 0 Å². The predicted molar refractivity (Wildman–Crippen MR) is 112 cm³/mol. The second kappa shape index (κ2) is 8.37. The minimum absolute atomic E-state index is 0.158. The molecule has 1 aromatic heterocycles. The van der Waals surface area contributed by atoms with Crippen molar-refractivity contribution >= 4 is 17.7 Å². The lowest BCUT2D eigenvalue weighted by molar-refractivity contribution is 0.0687. The third-order valence-corrected chi connectivity index (χ3v) is 6.02. The zero-order chi connectivity index (χ0) is 20.3. The molecule has 0 aliphatic rings. The molecular formula is C23H22N2O2S. The van der Waals surface area contributed by atoms with E-state index in [1.54, 1.807) is 23.4 Å². The molecule has 1 heterocycles. The maximum absolute atomic E-state index is 11.9. The molecule has 3 aromatic rings. The van der Waals surface area contributed by atoms with Gasteiger partial charge in [0.1, 0.15) is 11.8 Å². The van der Waals surface area contributed by atoms with E-state index in [0.717, 1.165) is 22.6 Å². The second-order valence-electron chi connectivity index (χ2n) is 6.46. The van der Waals surface area contributed by atoms with Crippen LogP contribution in [0, 0.1) is 11.3 Å². The van der Waals surface area contributed by atoms with Gasteiger partial charge < -0.3 is 9.67 Å². The molecule has 3 rings (SSSR count). The van der Waals surface area contributed by atoms with Crippen molar-refractivity contribution in [2.24, 2.45) is 7.05 Å². The molecule has 0 unspecified atom stereocenters. The molecule has 0 atom stereocenters. The molecule has 0 saturated heterocycles. The summed E-state index contributed by atoms with van der Waals surface area (Å²) in [6.07, 6.45) is 1.57. The van der Waals surface area contributed by atoms with Crippen LogP contribution in [0.3, 0.4) is 0 Å². The number of hydrogen-bond donors (Lipinski definition) is 1. The third kappa shape index (κ3) is 3.56. The van der Waals surface area contributed by atoms with Crippen LogP contribution >= 0.6 is 11.8 Å². The summed E-state index contributed by atoms with van der Waals surface area (Å²) in [6.45, 7) is 4.07. The molecule has 4 nitrogen and oxygen atoms in total. The number of aromatic carboxylic acids is 1. The molecule has 5 heteroatoms. The number of nitriles is 1. The Hall–Kier alpha value is -2.97. The zero-order valence-electron chi connectivity index (χ0n) is 16.2. The number of aromatic nitrogens is 1. The summed E-state index contributed by atoms with van der Waals surface area (Å²) in [4.78, 5) is 14.2. The van der Waals surface area contributed by atoms with Gasteiger partial charge in [-0.05, 0) is 42.2 Å². The fourth-order valence-corrected chi connectivity index (χ4v) is 4.53. The lowest BCUT2D eigenvalue weighted by Gasteiger charge is -2.08. The highest BCUT2D eigenvalue weighted by Gasteiger charge is 2.25. The molecule has 0 radical (unpaired) electrons. The van der Waals surface area contributed by atoms with Crippen LogP contribution in [-0.2, 0) is 19.9 Å². The molecule has 0 aliphatic heterocycles. The smallest absolute Gasteiger partial charge is 0.353 e. The molecule has 28 heavy (non-hydrogen) atoms. The van der Waals surface area contributed by atoms with Gasteiger partial charge in [0.05, 0.1) is 5.56 Å². The number of hydrogen-bond acceptors (Lipinski definition) is 3. The summed E-state index contributed by atoms with van der Waals surface area (Å²) in [5, 5.41) is 19.4. The second-order valence-corrected chi connectivity index (χ2v) is 7.58. The molecule has 2 aromatic carbocycles. The van der Waals surface area contributed by atoms with E-state index in [0.29, 0.717) is 17.5 Å². The van der Waals surface area contributed by atoms with Crippen molar-refractivity contribution in [2.45, 2.75) is 36.5 Å². The summed E-state index contributed by atoms with van der Waals surface area (Å²) >= 11 is 1.69. The monoisotopic (exact) mass is 390 g/mol. The van der Waals surface area contributed by atoms with Gasteiger partial charge in [-0.2, -0.15) is 5.26 Å². The van der Waals surface area contributed by atoms with Gasteiger partial charge in [-0.3, -0.25) is 0 Å². The lowest BCUT2D eigenvalue weighted by atomic mass is 10.00. The molecule has 0 fully saturated rings. The van der Waals surface area contributed by atoms with E-state index in [1.807, 2.05) is 43.3 Å². The van der Waals surface area contributed by atoms with Crippen molar-refractivity contribution < 1.29 is 9.90 Å². The molecule has 0 amide bonds. The number of carboxylic acid groups (broad SMARTS) is 1. The van der Waals surface area contributed by atoms with Crippen molar-refractivity contribution in [3.8, 4) is 17.2 Å². The number of rotatable bonds is 6. The highest BCUT2D eigenvalue weighted by Crippen LogP contribution is 2.36. The van der Waals surface area contributed by atoms with Crippen LogP contribution in [0.1, 0.15) is 41.2 Å². The fourth-order valence-electron chi connectivity index (χ4n) is 3.51. The van der Waals surface area contributed by atoms with Crippen molar-refractivity contribution in [3.63, 3.8) is 0 Å². The van der Waals surface area contributed by atoms with E-state index in [9.17, 15) is 15.2 Å². The third-order valence-electron chi connectivity index (χ3n) is 4.89. The van der Waals surface area contributed by atoms with Crippen LogP contribution in [-0.4, -0.2) is 15.6 Å². The molecule has 0 bridgehead atoms. The highest BCUT2D eigenvalue weighted by atomic mass is 32.2. The Labute approximate surface area is 169 Å². The molecule has 0 spiro atoms. The van der Waals surface area contributed by atoms with Gasteiger partial charge in [0.25, 0.3) is 0 Å². The number of carboxylic acids is 1. The first-order valence-corrected chi connectivity index (χ1v) is 10.0. The standard InChI is InChI=1S/C23H22N2O2S/c1-4-15-8-6-7-9-20(15)28-17-12-10-16(11-13-17)21-18(14-24)19(5-2)25(3)22(21)23(26)27/h6-13H,4-5H2,1-3H3,(H,26,27). The van der Waals surface area contributed by atoms with Crippen LogP contribution in [0.2, 0.25) is 0 Å². The number of benzene rings is 2. The van der Waals surface area contributed by atoms with Gasteiger partial charge in [0.2, 0.25) is 0 Å². The fraction of sp³-hybridized carbons (Fsp3) is 0.217. The van der Waals surface area contributed by atoms with Crippen LogP contribution in [0.5, 0.6) is 0 Å². The Morgan fingerprint density at radius 2 is 1.79 bits per heavy atom.